The van der Waals surface area contributed by atoms with Gasteiger partial charge in [0.05, 0.1) is 0 Å². The van der Waals surface area contributed by atoms with Crippen LogP contribution in [0.5, 0.6) is 0 Å². The Morgan fingerprint density at radius 3 is 2.47 bits per heavy atom. The first-order valence-electron chi connectivity index (χ1n) is 5.02. The summed E-state index contributed by atoms with van der Waals surface area (Å²) in [6.45, 7) is 6.32. The summed E-state index contributed by atoms with van der Waals surface area (Å²) in [7, 11) is 0. The standard InChI is InChI=1S/C10H19NO4/c1-4-15-7-5-6-11-8(12)10(2,3)9(13)14/h4-7H2,1-3H3,(H,11,12)(H,13,14). The SMILES string of the molecule is CCOCCCNC(=O)C(C)(C)C(=O)O. The number of aliphatic carboxylic acids is 1. The van der Waals surface area contributed by atoms with Crippen molar-refractivity contribution in [2.75, 3.05) is 19.8 Å². The van der Waals surface area contributed by atoms with Crippen molar-refractivity contribution in [1.29, 1.82) is 0 Å². The molecule has 0 aromatic heterocycles. The normalized spacial score (nSPS) is 11.1. The van der Waals surface area contributed by atoms with Crippen molar-refractivity contribution in [2.45, 2.75) is 27.2 Å². The Hall–Kier alpha value is -1.10. The van der Waals surface area contributed by atoms with E-state index in [1.54, 1.807) is 0 Å². The second kappa shape index (κ2) is 6.40. The Morgan fingerprint density at radius 1 is 1.40 bits per heavy atom. The van der Waals surface area contributed by atoms with E-state index in [4.69, 9.17) is 9.84 Å². The highest BCUT2D eigenvalue weighted by Gasteiger charge is 2.35. The molecule has 0 unspecified atom stereocenters. The molecule has 5 nitrogen and oxygen atoms in total. The Balaban J connectivity index is 3.79. The van der Waals surface area contributed by atoms with Gasteiger partial charge in [0.15, 0.2) is 0 Å². The third-order valence-electron chi connectivity index (χ3n) is 2.06. The van der Waals surface area contributed by atoms with Gasteiger partial charge >= 0.3 is 5.97 Å². The lowest BCUT2D eigenvalue weighted by Crippen LogP contribution is -2.42. The molecule has 2 N–H and O–H groups in total. The second-order valence-corrected chi connectivity index (χ2v) is 3.74. The van der Waals surface area contributed by atoms with Crippen LogP contribution in [-0.2, 0) is 14.3 Å². The molecule has 0 spiro atoms. The highest BCUT2D eigenvalue weighted by Crippen LogP contribution is 2.14. The van der Waals surface area contributed by atoms with Crippen molar-refractivity contribution in [3.63, 3.8) is 0 Å². The number of carbonyl (C=O) groups excluding carboxylic acids is 1. The number of carboxylic acids is 1. The maximum absolute atomic E-state index is 11.4. The molecule has 0 heterocycles. The zero-order chi connectivity index (χ0) is 11.9. The molecule has 0 fully saturated rings. The summed E-state index contributed by atoms with van der Waals surface area (Å²) in [5, 5.41) is 11.3. The molecule has 0 aliphatic heterocycles. The van der Waals surface area contributed by atoms with Crippen LogP contribution in [0.25, 0.3) is 0 Å². The lowest BCUT2D eigenvalue weighted by molar-refractivity contribution is -0.153. The number of hydrogen-bond donors (Lipinski definition) is 2. The molecule has 0 aliphatic carbocycles. The molecule has 0 aromatic carbocycles. The number of nitrogens with one attached hydrogen (secondary N) is 1. The molecule has 0 radical (unpaired) electrons. The fourth-order valence-corrected chi connectivity index (χ4v) is 0.839. The summed E-state index contributed by atoms with van der Waals surface area (Å²) >= 11 is 0. The first kappa shape index (κ1) is 13.9. The van der Waals surface area contributed by atoms with Gasteiger partial charge in [-0.15, -0.1) is 0 Å². The predicted molar refractivity (Wildman–Crippen MR) is 55.5 cm³/mol. The van der Waals surface area contributed by atoms with Crippen LogP contribution in [-0.4, -0.2) is 36.7 Å². The van der Waals surface area contributed by atoms with Gasteiger partial charge in [-0.2, -0.15) is 0 Å². The smallest absolute Gasteiger partial charge is 0.318 e. The molecule has 0 saturated carbocycles. The van der Waals surface area contributed by atoms with Gasteiger partial charge in [0.25, 0.3) is 0 Å². The monoisotopic (exact) mass is 217 g/mol. The number of carbonyl (C=O) groups is 2. The zero-order valence-electron chi connectivity index (χ0n) is 9.50. The molecule has 0 aromatic rings. The summed E-state index contributed by atoms with van der Waals surface area (Å²) in [5.74, 6) is -1.59. The minimum absolute atomic E-state index is 0.440. The zero-order valence-corrected chi connectivity index (χ0v) is 9.50. The maximum atomic E-state index is 11.4. The number of ether oxygens (including phenoxy) is 1. The van der Waals surface area contributed by atoms with Crippen LogP contribution < -0.4 is 5.32 Å². The van der Waals surface area contributed by atoms with Crippen molar-refractivity contribution >= 4 is 11.9 Å². The van der Waals surface area contributed by atoms with E-state index in [0.29, 0.717) is 26.2 Å². The van der Waals surface area contributed by atoms with Crippen LogP contribution in [0.15, 0.2) is 0 Å². The molecule has 0 saturated heterocycles. The fraction of sp³-hybridized carbons (Fsp3) is 0.800. The van der Waals surface area contributed by atoms with Crippen LogP contribution in [0.1, 0.15) is 27.2 Å². The largest absolute Gasteiger partial charge is 0.480 e. The first-order valence-corrected chi connectivity index (χ1v) is 5.02. The van der Waals surface area contributed by atoms with Crippen molar-refractivity contribution in [3.8, 4) is 0 Å². The van der Waals surface area contributed by atoms with E-state index in [9.17, 15) is 9.59 Å². The second-order valence-electron chi connectivity index (χ2n) is 3.74. The minimum Gasteiger partial charge on any atom is -0.480 e. The van der Waals surface area contributed by atoms with Crippen LogP contribution in [0, 0.1) is 5.41 Å². The highest BCUT2D eigenvalue weighted by molar-refractivity contribution is 6.00. The molecule has 0 bridgehead atoms. The Kier molecular flexibility index (Phi) is 5.93. The summed E-state index contributed by atoms with van der Waals surface area (Å²) < 4.78 is 5.08. The molecule has 88 valence electrons. The lowest BCUT2D eigenvalue weighted by atomic mass is 9.93. The van der Waals surface area contributed by atoms with E-state index in [1.807, 2.05) is 6.92 Å². The third-order valence-corrected chi connectivity index (χ3v) is 2.06. The molecule has 15 heavy (non-hydrogen) atoms. The van der Waals surface area contributed by atoms with Gasteiger partial charge in [0.1, 0.15) is 5.41 Å². The van der Waals surface area contributed by atoms with Crippen LogP contribution in [0.2, 0.25) is 0 Å². The molecule has 1 amide bonds. The average molecular weight is 217 g/mol. The lowest BCUT2D eigenvalue weighted by Gasteiger charge is -2.18. The first-order chi connectivity index (χ1) is 6.92. The van der Waals surface area contributed by atoms with Crippen molar-refractivity contribution in [3.05, 3.63) is 0 Å². The third kappa shape index (κ3) is 4.78. The summed E-state index contributed by atoms with van der Waals surface area (Å²) in [6.07, 6.45) is 0.690. The van der Waals surface area contributed by atoms with E-state index in [1.165, 1.54) is 13.8 Å². The number of rotatable bonds is 7. The Bertz CT molecular complexity index is 225. The maximum Gasteiger partial charge on any atom is 0.318 e. The molecule has 0 rings (SSSR count). The van der Waals surface area contributed by atoms with Gasteiger partial charge in [-0.1, -0.05) is 0 Å². The van der Waals surface area contributed by atoms with Gasteiger partial charge in [0, 0.05) is 19.8 Å². The van der Waals surface area contributed by atoms with E-state index >= 15 is 0 Å². The van der Waals surface area contributed by atoms with Gasteiger partial charge in [0.2, 0.25) is 5.91 Å². The quantitative estimate of drug-likeness (QED) is 0.484. The molecule has 0 atom stereocenters. The van der Waals surface area contributed by atoms with Gasteiger partial charge in [-0.05, 0) is 27.2 Å². The Morgan fingerprint density at radius 2 is 2.00 bits per heavy atom. The summed E-state index contributed by atoms with van der Waals surface area (Å²) in [4.78, 5) is 22.1. The topological polar surface area (TPSA) is 75.6 Å². The van der Waals surface area contributed by atoms with E-state index in [0.717, 1.165) is 0 Å². The van der Waals surface area contributed by atoms with Gasteiger partial charge in [-0.3, -0.25) is 9.59 Å². The minimum atomic E-state index is -1.37. The van der Waals surface area contributed by atoms with Crippen LogP contribution in [0.3, 0.4) is 0 Å². The predicted octanol–water partition coefficient (Wildman–Crippen LogP) is 0.640. The number of carboxylic acid groups (broad SMARTS) is 1. The Labute approximate surface area is 89.8 Å². The molecule has 5 heteroatoms. The van der Waals surface area contributed by atoms with Gasteiger partial charge in [-0.25, -0.2) is 0 Å². The van der Waals surface area contributed by atoms with E-state index in [2.05, 4.69) is 5.32 Å². The van der Waals surface area contributed by atoms with Crippen molar-refractivity contribution in [1.82, 2.24) is 5.32 Å². The number of hydrogen-bond acceptors (Lipinski definition) is 3. The highest BCUT2D eigenvalue weighted by atomic mass is 16.5. The van der Waals surface area contributed by atoms with Crippen LogP contribution in [0.4, 0.5) is 0 Å². The molecular weight excluding hydrogens is 198 g/mol. The molecular formula is C10H19NO4. The van der Waals surface area contributed by atoms with Crippen LogP contribution >= 0.6 is 0 Å². The fourth-order valence-electron chi connectivity index (χ4n) is 0.839. The summed E-state index contributed by atoms with van der Waals surface area (Å²) in [5.41, 5.74) is -1.37. The van der Waals surface area contributed by atoms with E-state index < -0.39 is 17.3 Å². The van der Waals surface area contributed by atoms with E-state index in [-0.39, 0.29) is 0 Å². The van der Waals surface area contributed by atoms with Crippen molar-refractivity contribution < 1.29 is 19.4 Å². The average Bonchev–Trinajstić information content (AvgIpc) is 2.16. The molecule has 0 aliphatic rings. The summed E-state index contributed by atoms with van der Waals surface area (Å²) in [6, 6.07) is 0. The van der Waals surface area contributed by atoms with Gasteiger partial charge < -0.3 is 15.2 Å². The van der Waals surface area contributed by atoms with Crippen molar-refractivity contribution in [2.24, 2.45) is 5.41 Å². The number of amides is 1.